The number of hydrogen-bond donors (Lipinski definition) is 1. The summed E-state index contributed by atoms with van der Waals surface area (Å²) in [6.45, 7) is -0.0696. The zero-order valence-electron chi connectivity index (χ0n) is 9.99. The number of aromatic nitrogens is 2. The van der Waals surface area contributed by atoms with E-state index in [0.29, 0.717) is 0 Å². The van der Waals surface area contributed by atoms with E-state index in [4.69, 9.17) is 11.6 Å². The number of benzene rings is 1. The highest BCUT2D eigenvalue weighted by Crippen LogP contribution is 2.29. The molecule has 0 aliphatic carbocycles. The van der Waals surface area contributed by atoms with Gasteiger partial charge in [-0.05, 0) is 35.9 Å². The largest absolute Gasteiger partial charge is 0.416 e. The maximum atomic E-state index is 12.4. The Morgan fingerprint density at radius 1 is 1.30 bits per heavy atom. The van der Waals surface area contributed by atoms with Crippen LogP contribution in [0.4, 0.5) is 18.9 Å². The average molecular weight is 304 g/mol. The molecule has 1 amide bonds. The predicted octanol–water partition coefficient (Wildman–Crippen LogP) is 3.19. The zero-order chi connectivity index (χ0) is 14.8. The monoisotopic (exact) mass is 303 g/mol. The van der Waals surface area contributed by atoms with E-state index in [9.17, 15) is 18.0 Å². The van der Waals surface area contributed by atoms with E-state index < -0.39 is 17.6 Å². The molecule has 0 aliphatic rings. The number of nitrogens with one attached hydrogen (secondary N) is 1. The van der Waals surface area contributed by atoms with Crippen LogP contribution in [0.25, 0.3) is 0 Å². The Kier molecular flexibility index (Phi) is 3.99. The molecule has 2 aromatic rings. The lowest BCUT2D eigenvalue weighted by atomic mass is 10.2. The maximum absolute atomic E-state index is 12.4. The Morgan fingerprint density at radius 2 is 1.95 bits per heavy atom. The van der Waals surface area contributed by atoms with Gasteiger partial charge in [-0.25, -0.2) is 4.98 Å². The molecule has 1 aromatic carbocycles. The molecule has 1 aromatic heterocycles. The van der Waals surface area contributed by atoms with Crippen LogP contribution < -0.4 is 5.32 Å². The van der Waals surface area contributed by atoms with Crippen LogP contribution in [-0.2, 0) is 17.5 Å². The standard InChI is InChI=1S/C12H9ClF3N3O/c13-11-17-5-6-19(11)7-10(20)18-9-3-1-8(2-4-9)12(14,15)16/h1-6H,7H2,(H,18,20). The number of nitrogens with zero attached hydrogens (tertiary/aromatic N) is 2. The van der Waals surface area contributed by atoms with Crippen LogP contribution in [0.1, 0.15) is 5.56 Å². The minimum absolute atomic E-state index is 0.0696. The van der Waals surface area contributed by atoms with Crippen molar-refractivity contribution in [3.05, 3.63) is 47.5 Å². The lowest BCUT2D eigenvalue weighted by Gasteiger charge is -2.09. The van der Waals surface area contributed by atoms with Gasteiger partial charge in [-0.15, -0.1) is 0 Å². The quantitative estimate of drug-likeness (QED) is 0.946. The van der Waals surface area contributed by atoms with Crippen LogP contribution in [0.15, 0.2) is 36.7 Å². The smallest absolute Gasteiger partial charge is 0.325 e. The first-order valence-corrected chi connectivity index (χ1v) is 5.88. The van der Waals surface area contributed by atoms with Crippen molar-refractivity contribution in [2.75, 3.05) is 5.32 Å². The molecule has 0 radical (unpaired) electrons. The number of carbonyl (C=O) groups excluding carboxylic acids is 1. The molecule has 0 saturated carbocycles. The maximum Gasteiger partial charge on any atom is 0.416 e. The molecule has 8 heteroatoms. The highest BCUT2D eigenvalue weighted by Gasteiger charge is 2.29. The summed E-state index contributed by atoms with van der Waals surface area (Å²) in [6.07, 6.45) is -1.44. The average Bonchev–Trinajstić information content (AvgIpc) is 2.74. The highest BCUT2D eigenvalue weighted by atomic mass is 35.5. The van der Waals surface area contributed by atoms with Crippen LogP contribution in [0.3, 0.4) is 0 Å². The van der Waals surface area contributed by atoms with Crippen molar-refractivity contribution >= 4 is 23.2 Å². The Morgan fingerprint density at radius 3 is 2.45 bits per heavy atom. The topological polar surface area (TPSA) is 46.9 Å². The van der Waals surface area contributed by atoms with Gasteiger partial charge >= 0.3 is 6.18 Å². The van der Waals surface area contributed by atoms with Crippen LogP contribution >= 0.6 is 11.6 Å². The fourth-order valence-corrected chi connectivity index (χ4v) is 1.70. The summed E-state index contributed by atoms with van der Waals surface area (Å²) in [5.41, 5.74) is -0.493. The molecule has 0 bridgehead atoms. The Labute approximate surface area is 117 Å². The fourth-order valence-electron chi connectivity index (χ4n) is 1.53. The number of hydrogen-bond acceptors (Lipinski definition) is 2. The van der Waals surface area contributed by atoms with Crippen molar-refractivity contribution in [2.45, 2.75) is 12.7 Å². The number of alkyl halides is 3. The van der Waals surface area contributed by atoms with E-state index >= 15 is 0 Å². The molecule has 0 unspecified atom stereocenters. The minimum Gasteiger partial charge on any atom is -0.325 e. The first kappa shape index (κ1) is 14.4. The molecule has 0 atom stereocenters. The van der Waals surface area contributed by atoms with E-state index in [0.717, 1.165) is 12.1 Å². The van der Waals surface area contributed by atoms with Crippen molar-refractivity contribution in [1.82, 2.24) is 9.55 Å². The van der Waals surface area contributed by atoms with E-state index in [2.05, 4.69) is 10.3 Å². The Bertz CT molecular complexity index is 607. The molecular formula is C12H9ClF3N3O. The van der Waals surface area contributed by atoms with E-state index in [1.165, 1.54) is 29.1 Å². The molecule has 1 heterocycles. The molecule has 0 saturated heterocycles. The molecule has 1 N–H and O–H groups in total. The van der Waals surface area contributed by atoms with Crippen LogP contribution in [0.5, 0.6) is 0 Å². The zero-order valence-corrected chi connectivity index (χ0v) is 10.7. The van der Waals surface area contributed by atoms with E-state index in [-0.39, 0.29) is 17.5 Å². The summed E-state index contributed by atoms with van der Waals surface area (Å²) >= 11 is 5.70. The van der Waals surface area contributed by atoms with Crippen LogP contribution in [0, 0.1) is 0 Å². The molecule has 0 fully saturated rings. The normalized spacial score (nSPS) is 11.4. The van der Waals surface area contributed by atoms with E-state index in [1.807, 2.05) is 0 Å². The summed E-state index contributed by atoms with van der Waals surface area (Å²) in [4.78, 5) is 15.4. The van der Waals surface area contributed by atoms with Gasteiger partial charge in [-0.1, -0.05) is 0 Å². The first-order chi connectivity index (χ1) is 9.36. The molecule has 0 spiro atoms. The summed E-state index contributed by atoms with van der Waals surface area (Å²) in [7, 11) is 0. The molecule has 0 aliphatic heterocycles. The second-order valence-electron chi connectivity index (χ2n) is 3.95. The lowest BCUT2D eigenvalue weighted by molar-refractivity contribution is -0.137. The van der Waals surface area contributed by atoms with Crippen molar-refractivity contribution < 1.29 is 18.0 Å². The summed E-state index contributed by atoms with van der Waals surface area (Å²) in [5.74, 6) is -0.412. The summed E-state index contributed by atoms with van der Waals surface area (Å²) < 4.78 is 38.5. The number of halogens is 4. The van der Waals surface area contributed by atoms with Crippen LogP contribution in [0.2, 0.25) is 5.28 Å². The van der Waals surface area contributed by atoms with Gasteiger partial charge in [0, 0.05) is 18.1 Å². The first-order valence-electron chi connectivity index (χ1n) is 5.50. The fraction of sp³-hybridized carbons (Fsp3) is 0.167. The molecule has 20 heavy (non-hydrogen) atoms. The van der Waals surface area contributed by atoms with Crippen LogP contribution in [-0.4, -0.2) is 15.5 Å². The molecule has 4 nitrogen and oxygen atoms in total. The highest BCUT2D eigenvalue weighted by molar-refractivity contribution is 6.28. The van der Waals surface area contributed by atoms with Gasteiger partial charge < -0.3 is 9.88 Å². The summed E-state index contributed by atoms with van der Waals surface area (Å²) in [5, 5.41) is 2.63. The van der Waals surface area contributed by atoms with Gasteiger partial charge in [0.2, 0.25) is 11.2 Å². The number of amides is 1. The molecular weight excluding hydrogens is 295 g/mol. The lowest BCUT2D eigenvalue weighted by Crippen LogP contribution is -2.18. The number of carbonyl (C=O) groups is 1. The number of anilines is 1. The van der Waals surface area contributed by atoms with Gasteiger partial charge in [-0.2, -0.15) is 13.2 Å². The van der Waals surface area contributed by atoms with E-state index in [1.54, 1.807) is 0 Å². The Balaban J connectivity index is 2.00. The van der Waals surface area contributed by atoms with Crippen molar-refractivity contribution in [3.63, 3.8) is 0 Å². The minimum atomic E-state index is -4.40. The summed E-state index contributed by atoms with van der Waals surface area (Å²) in [6, 6.07) is 4.19. The van der Waals surface area contributed by atoms with Gasteiger partial charge in [0.25, 0.3) is 0 Å². The number of rotatable bonds is 3. The van der Waals surface area contributed by atoms with Gasteiger partial charge in [0.1, 0.15) is 6.54 Å². The molecule has 106 valence electrons. The van der Waals surface area contributed by atoms with Gasteiger partial charge in [-0.3, -0.25) is 4.79 Å². The third kappa shape index (κ3) is 3.51. The predicted molar refractivity (Wildman–Crippen MR) is 67.3 cm³/mol. The third-order valence-corrected chi connectivity index (χ3v) is 2.79. The van der Waals surface area contributed by atoms with Crippen molar-refractivity contribution in [3.8, 4) is 0 Å². The molecule has 2 rings (SSSR count). The number of imidazole rings is 1. The SMILES string of the molecule is O=C(Cn1ccnc1Cl)Nc1ccc(C(F)(F)F)cc1. The van der Waals surface area contributed by atoms with Crippen molar-refractivity contribution in [2.24, 2.45) is 0 Å². The second-order valence-corrected chi connectivity index (χ2v) is 4.29. The van der Waals surface area contributed by atoms with Gasteiger partial charge in [0.05, 0.1) is 5.56 Å². The van der Waals surface area contributed by atoms with Gasteiger partial charge in [0.15, 0.2) is 0 Å². The van der Waals surface area contributed by atoms with Crippen molar-refractivity contribution in [1.29, 1.82) is 0 Å². The second kappa shape index (κ2) is 5.54. The Hall–Kier alpha value is -2.02. The third-order valence-electron chi connectivity index (χ3n) is 2.47.